The Balaban J connectivity index is 1.83. The summed E-state index contributed by atoms with van der Waals surface area (Å²) in [5, 5.41) is 13.7. The summed E-state index contributed by atoms with van der Waals surface area (Å²) in [6.07, 6.45) is -4.42. The summed E-state index contributed by atoms with van der Waals surface area (Å²) >= 11 is 1.66. The molecule has 122 valence electrons. The molecule has 1 aliphatic heterocycles. The first-order valence-corrected chi connectivity index (χ1v) is 7.91. The van der Waals surface area contributed by atoms with E-state index in [9.17, 15) is 18.0 Å². The van der Waals surface area contributed by atoms with Gasteiger partial charge in [0.1, 0.15) is 6.04 Å². The molecule has 0 aliphatic carbocycles. The highest BCUT2D eigenvalue weighted by Gasteiger charge is 2.33. The number of rotatable bonds is 2. The molecule has 0 radical (unpaired) electrons. The lowest BCUT2D eigenvalue weighted by molar-refractivity contribution is -0.137. The first kappa shape index (κ1) is 15.8. The number of benzene rings is 1. The lowest BCUT2D eigenvalue weighted by Crippen LogP contribution is -2.41. The van der Waals surface area contributed by atoms with Crippen LogP contribution in [0.25, 0.3) is 0 Å². The van der Waals surface area contributed by atoms with E-state index in [1.54, 1.807) is 16.7 Å². The molecule has 0 bridgehead atoms. The van der Waals surface area contributed by atoms with Gasteiger partial charge in [-0.2, -0.15) is 30.1 Å². The molecule has 1 amide bonds. The fourth-order valence-corrected chi connectivity index (χ4v) is 3.38. The predicted molar refractivity (Wildman–Crippen MR) is 76.7 cm³/mol. The van der Waals surface area contributed by atoms with E-state index in [2.05, 4.69) is 20.6 Å². The first-order chi connectivity index (χ1) is 11.0. The number of hydrogen-bond acceptors (Lipinski definition) is 5. The van der Waals surface area contributed by atoms with Gasteiger partial charge in [-0.15, -0.1) is 10.2 Å². The van der Waals surface area contributed by atoms with Gasteiger partial charge in [0.05, 0.1) is 5.56 Å². The molecule has 0 spiro atoms. The van der Waals surface area contributed by atoms with Crippen LogP contribution in [0.4, 0.5) is 13.2 Å². The molecule has 10 heteroatoms. The Morgan fingerprint density at radius 2 is 2.04 bits per heavy atom. The van der Waals surface area contributed by atoms with Crippen molar-refractivity contribution in [3.8, 4) is 0 Å². The van der Waals surface area contributed by atoms with Crippen molar-refractivity contribution < 1.29 is 18.0 Å². The Morgan fingerprint density at radius 1 is 1.30 bits per heavy atom. The Bertz CT molecular complexity index is 674. The van der Waals surface area contributed by atoms with Crippen molar-refractivity contribution >= 4 is 17.7 Å². The van der Waals surface area contributed by atoms with Crippen LogP contribution in [-0.4, -0.2) is 49.5 Å². The lowest BCUT2D eigenvalue weighted by Gasteiger charge is -2.33. The molecule has 2 aromatic rings. The minimum Gasteiger partial charge on any atom is -0.327 e. The predicted octanol–water partition coefficient (Wildman–Crippen LogP) is 2.15. The largest absolute Gasteiger partial charge is 0.416 e. The van der Waals surface area contributed by atoms with Crippen LogP contribution in [-0.2, 0) is 6.18 Å². The number of nitrogens with one attached hydrogen (secondary N) is 1. The van der Waals surface area contributed by atoms with E-state index in [4.69, 9.17) is 0 Å². The summed E-state index contributed by atoms with van der Waals surface area (Å²) in [5.41, 5.74) is -0.573. The second-order valence-corrected chi connectivity index (χ2v) is 6.08. The normalized spacial score (nSPS) is 18.9. The Hall–Kier alpha value is -2.10. The number of nitrogens with zero attached hydrogens (tertiary/aromatic N) is 4. The molecule has 1 aromatic heterocycles. The smallest absolute Gasteiger partial charge is 0.327 e. The Labute approximate surface area is 133 Å². The van der Waals surface area contributed by atoms with Crippen LogP contribution >= 0.6 is 11.8 Å². The number of hydrogen-bond donors (Lipinski definition) is 1. The molecule has 1 fully saturated rings. The van der Waals surface area contributed by atoms with Crippen molar-refractivity contribution in [1.82, 2.24) is 25.5 Å². The van der Waals surface area contributed by atoms with Gasteiger partial charge in [0.2, 0.25) is 0 Å². The Kier molecular flexibility index (Phi) is 4.24. The molecule has 1 aliphatic rings. The second-order valence-electron chi connectivity index (χ2n) is 4.93. The summed E-state index contributed by atoms with van der Waals surface area (Å²) in [4.78, 5) is 14.2. The summed E-state index contributed by atoms with van der Waals surface area (Å²) in [6, 6.07) is 3.87. The molecule has 2 heterocycles. The topological polar surface area (TPSA) is 74.8 Å². The third kappa shape index (κ3) is 3.31. The standard InChI is InChI=1S/C13H12F3N5OS/c14-13(15,16)9-3-1-8(2-4-9)12(22)21-5-6-23-7-10(21)11-17-19-20-18-11/h1-4,10H,5-7H2,(H,17,18,19,20). The van der Waals surface area contributed by atoms with Gasteiger partial charge in [-0.1, -0.05) is 5.21 Å². The molecule has 1 atom stereocenters. The van der Waals surface area contributed by atoms with Crippen LogP contribution in [0, 0.1) is 0 Å². The molecular formula is C13H12F3N5OS. The van der Waals surface area contributed by atoms with Crippen molar-refractivity contribution in [1.29, 1.82) is 0 Å². The average Bonchev–Trinajstić information content (AvgIpc) is 3.08. The van der Waals surface area contributed by atoms with Gasteiger partial charge >= 0.3 is 6.18 Å². The molecule has 1 N–H and O–H groups in total. The first-order valence-electron chi connectivity index (χ1n) is 6.76. The second kappa shape index (κ2) is 6.19. The van der Waals surface area contributed by atoms with Crippen LogP contribution in [0.2, 0.25) is 0 Å². The highest BCUT2D eigenvalue weighted by atomic mass is 32.2. The quantitative estimate of drug-likeness (QED) is 0.904. The van der Waals surface area contributed by atoms with Crippen LogP contribution in [0.5, 0.6) is 0 Å². The summed E-state index contributed by atoms with van der Waals surface area (Å²) in [6.45, 7) is 0.476. The number of tetrazole rings is 1. The summed E-state index contributed by atoms with van der Waals surface area (Å²) in [7, 11) is 0. The highest BCUT2D eigenvalue weighted by Crippen LogP contribution is 2.31. The van der Waals surface area contributed by atoms with Gasteiger partial charge in [0, 0.05) is 23.6 Å². The molecular weight excluding hydrogens is 331 g/mol. The van der Waals surface area contributed by atoms with Crippen LogP contribution < -0.4 is 0 Å². The van der Waals surface area contributed by atoms with Crippen molar-refractivity contribution in [2.24, 2.45) is 0 Å². The van der Waals surface area contributed by atoms with E-state index in [-0.39, 0.29) is 17.5 Å². The monoisotopic (exact) mass is 343 g/mol. The van der Waals surface area contributed by atoms with Gasteiger partial charge in [-0.3, -0.25) is 4.79 Å². The number of aromatic nitrogens is 4. The van der Waals surface area contributed by atoms with Crippen LogP contribution in [0.15, 0.2) is 24.3 Å². The van der Waals surface area contributed by atoms with E-state index < -0.39 is 11.7 Å². The van der Waals surface area contributed by atoms with E-state index in [1.165, 1.54) is 12.1 Å². The Morgan fingerprint density at radius 3 is 2.65 bits per heavy atom. The number of amides is 1. The number of aromatic amines is 1. The number of carbonyl (C=O) groups is 1. The minimum absolute atomic E-state index is 0.207. The minimum atomic E-state index is -4.42. The van der Waals surface area contributed by atoms with Gasteiger partial charge in [0.25, 0.3) is 5.91 Å². The molecule has 6 nitrogen and oxygen atoms in total. The summed E-state index contributed by atoms with van der Waals surface area (Å²) in [5.74, 6) is 1.43. The molecule has 1 aromatic carbocycles. The average molecular weight is 343 g/mol. The van der Waals surface area contributed by atoms with Crippen LogP contribution in [0.3, 0.4) is 0 Å². The molecule has 1 saturated heterocycles. The number of halogens is 3. The zero-order valence-corrected chi connectivity index (χ0v) is 12.6. The number of H-pyrrole nitrogens is 1. The van der Waals surface area contributed by atoms with Gasteiger partial charge in [-0.25, -0.2) is 0 Å². The SMILES string of the molecule is O=C(c1ccc(C(F)(F)F)cc1)N1CCSCC1c1nn[nH]n1. The van der Waals surface area contributed by atoms with E-state index >= 15 is 0 Å². The fraction of sp³-hybridized carbons (Fsp3) is 0.385. The van der Waals surface area contributed by atoms with Crippen molar-refractivity contribution in [2.45, 2.75) is 12.2 Å². The van der Waals surface area contributed by atoms with Crippen molar-refractivity contribution in [2.75, 3.05) is 18.1 Å². The maximum Gasteiger partial charge on any atom is 0.416 e. The van der Waals surface area contributed by atoms with Gasteiger partial charge in [0.15, 0.2) is 5.82 Å². The third-order valence-electron chi connectivity index (χ3n) is 3.51. The van der Waals surface area contributed by atoms with Gasteiger partial charge in [-0.05, 0) is 24.3 Å². The van der Waals surface area contributed by atoms with Crippen molar-refractivity contribution in [3.05, 3.63) is 41.2 Å². The molecule has 23 heavy (non-hydrogen) atoms. The van der Waals surface area contributed by atoms with Gasteiger partial charge < -0.3 is 4.90 Å². The number of thioether (sulfide) groups is 1. The third-order valence-corrected chi connectivity index (χ3v) is 4.53. The number of carbonyl (C=O) groups excluding carboxylic acids is 1. The highest BCUT2D eigenvalue weighted by molar-refractivity contribution is 7.99. The zero-order valence-electron chi connectivity index (χ0n) is 11.7. The zero-order chi connectivity index (χ0) is 16.4. The van der Waals surface area contributed by atoms with E-state index in [1.807, 2.05) is 0 Å². The fourth-order valence-electron chi connectivity index (χ4n) is 2.34. The maximum absolute atomic E-state index is 12.6. The molecule has 1 unspecified atom stereocenters. The molecule has 0 saturated carbocycles. The maximum atomic E-state index is 12.6. The van der Waals surface area contributed by atoms with E-state index in [0.717, 1.165) is 17.9 Å². The number of alkyl halides is 3. The lowest BCUT2D eigenvalue weighted by atomic mass is 10.1. The van der Waals surface area contributed by atoms with E-state index in [0.29, 0.717) is 18.1 Å². The summed E-state index contributed by atoms with van der Waals surface area (Å²) < 4.78 is 37.8. The van der Waals surface area contributed by atoms with Crippen LogP contribution in [0.1, 0.15) is 27.8 Å². The van der Waals surface area contributed by atoms with Crippen molar-refractivity contribution in [3.63, 3.8) is 0 Å². The molecule has 3 rings (SSSR count).